The van der Waals surface area contributed by atoms with Crippen LogP contribution in [0.1, 0.15) is 13.8 Å². The number of hydrazine groups is 1. The summed E-state index contributed by atoms with van der Waals surface area (Å²) in [5.41, 5.74) is 0. The summed E-state index contributed by atoms with van der Waals surface area (Å²) in [5, 5.41) is 1.75. The Morgan fingerprint density at radius 2 is 1.57 bits per heavy atom. The van der Waals surface area contributed by atoms with E-state index in [9.17, 15) is 0 Å². The zero-order valence-electron chi connectivity index (χ0n) is 4.94. The van der Waals surface area contributed by atoms with Crippen molar-refractivity contribution in [2.24, 2.45) is 5.84 Å². The summed E-state index contributed by atoms with van der Waals surface area (Å²) in [4.78, 5) is 0. The van der Waals surface area contributed by atoms with Gasteiger partial charge in [0.2, 0.25) is 0 Å². The van der Waals surface area contributed by atoms with Crippen LogP contribution in [0.5, 0.6) is 0 Å². The van der Waals surface area contributed by atoms with Gasteiger partial charge in [0.25, 0.3) is 0 Å². The van der Waals surface area contributed by atoms with Crippen LogP contribution in [0, 0.1) is 0 Å². The molecular weight excluding hydrogens is 124 g/mol. The molecule has 0 saturated heterocycles. The second-order valence-electron chi connectivity index (χ2n) is 1.22. The van der Waals surface area contributed by atoms with Crippen molar-refractivity contribution < 1.29 is 21.7 Å². The average Bonchev–Trinajstić information content (AvgIpc) is 1.65. The van der Waals surface area contributed by atoms with Gasteiger partial charge in [0.15, 0.2) is 0 Å². The van der Waals surface area contributed by atoms with E-state index in [1.807, 2.05) is 13.8 Å². The SMILES string of the molecule is CCN(N)CC.[Ti]. The van der Waals surface area contributed by atoms with Gasteiger partial charge in [0, 0.05) is 34.8 Å². The van der Waals surface area contributed by atoms with Crippen LogP contribution in [0.25, 0.3) is 0 Å². The third-order valence-corrected chi connectivity index (χ3v) is 0.812. The van der Waals surface area contributed by atoms with Crippen molar-refractivity contribution in [3.63, 3.8) is 0 Å². The molecule has 2 nitrogen and oxygen atoms in total. The van der Waals surface area contributed by atoms with Gasteiger partial charge < -0.3 is 0 Å². The monoisotopic (exact) mass is 136 g/mol. The van der Waals surface area contributed by atoms with Gasteiger partial charge in [0.05, 0.1) is 0 Å². The molecule has 7 heavy (non-hydrogen) atoms. The van der Waals surface area contributed by atoms with Crippen LogP contribution in [0.2, 0.25) is 0 Å². The molecule has 0 aromatic carbocycles. The Bertz CT molecular complexity index is 28.9. The molecule has 0 radical (unpaired) electrons. The fourth-order valence-corrected chi connectivity index (χ4v) is 0.224. The number of rotatable bonds is 2. The molecule has 0 aliphatic carbocycles. The van der Waals surface area contributed by atoms with E-state index in [2.05, 4.69) is 0 Å². The number of nitrogens with two attached hydrogens (primary N) is 1. The predicted octanol–water partition coefficient (Wildman–Crippen LogP) is 0.199. The summed E-state index contributed by atoms with van der Waals surface area (Å²) in [6.07, 6.45) is 0. The van der Waals surface area contributed by atoms with Gasteiger partial charge in [-0.3, -0.25) is 5.84 Å². The van der Waals surface area contributed by atoms with Crippen LogP contribution in [0.3, 0.4) is 0 Å². The fraction of sp³-hybridized carbons (Fsp3) is 1.00. The maximum absolute atomic E-state index is 5.31. The Hall–Kier alpha value is 0.634. The van der Waals surface area contributed by atoms with Crippen LogP contribution in [0.15, 0.2) is 0 Å². The molecule has 42 valence electrons. The Balaban J connectivity index is 0. The minimum Gasteiger partial charge on any atom is -0.269 e. The molecule has 0 bridgehead atoms. The number of hydrogen-bond donors (Lipinski definition) is 1. The average molecular weight is 136 g/mol. The topological polar surface area (TPSA) is 29.3 Å². The second-order valence-corrected chi connectivity index (χ2v) is 1.22. The van der Waals surface area contributed by atoms with E-state index in [-0.39, 0.29) is 21.7 Å². The molecule has 0 fully saturated rings. The summed E-state index contributed by atoms with van der Waals surface area (Å²) < 4.78 is 0. The first-order chi connectivity index (χ1) is 2.81. The summed E-state index contributed by atoms with van der Waals surface area (Å²) in [5.74, 6) is 5.31. The van der Waals surface area contributed by atoms with Gasteiger partial charge in [-0.05, 0) is 0 Å². The summed E-state index contributed by atoms with van der Waals surface area (Å²) in [6.45, 7) is 5.94. The molecule has 0 amide bonds. The quantitative estimate of drug-likeness (QED) is 0.333. The van der Waals surface area contributed by atoms with Gasteiger partial charge in [-0.25, -0.2) is 5.01 Å². The third kappa shape index (κ3) is 6.63. The molecule has 2 N–H and O–H groups in total. The van der Waals surface area contributed by atoms with Gasteiger partial charge in [-0.15, -0.1) is 0 Å². The summed E-state index contributed by atoms with van der Waals surface area (Å²) >= 11 is 0. The first-order valence-corrected chi connectivity index (χ1v) is 2.30. The Morgan fingerprint density at radius 1 is 1.29 bits per heavy atom. The van der Waals surface area contributed by atoms with Crippen LogP contribution in [-0.2, 0) is 21.7 Å². The van der Waals surface area contributed by atoms with E-state index in [4.69, 9.17) is 5.84 Å². The molecule has 0 heterocycles. The summed E-state index contributed by atoms with van der Waals surface area (Å²) in [7, 11) is 0. The molecular formula is C4H12N2Ti. The molecule has 0 atom stereocenters. The Labute approximate surface area is 59.9 Å². The van der Waals surface area contributed by atoms with Crippen LogP contribution in [0.4, 0.5) is 0 Å². The van der Waals surface area contributed by atoms with E-state index in [1.165, 1.54) is 0 Å². The number of nitrogens with zero attached hydrogens (tertiary/aromatic N) is 1. The maximum atomic E-state index is 5.31. The van der Waals surface area contributed by atoms with Gasteiger partial charge in [-0.2, -0.15) is 0 Å². The predicted molar refractivity (Wildman–Crippen MR) is 27.1 cm³/mol. The summed E-state index contributed by atoms with van der Waals surface area (Å²) in [6, 6.07) is 0. The zero-order chi connectivity index (χ0) is 4.99. The van der Waals surface area contributed by atoms with Gasteiger partial charge >= 0.3 is 0 Å². The normalized spacial score (nSPS) is 8.57. The van der Waals surface area contributed by atoms with Crippen molar-refractivity contribution in [1.29, 1.82) is 0 Å². The maximum Gasteiger partial charge on any atom is 0.00996 e. The largest absolute Gasteiger partial charge is 0.269 e. The van der Waals surface area contributed by atoms with Crippen molar-refractivity contribution in [1.82, 2.24) is 5.01 Å². The van der Waals surface area contributed by atoms with E-state index in [0.717, 1.165) is 13.1 Å². The first kappa shape index (κ1) is 10.6. The standard InChI is InChI=1S/C4H12N2.Ti/c1-3-6(5)4-2;/h3-5H2,1-2H3;. The molecule has 0 aliphatic heterocycles. The molecule has 0 spiro atoms. The fourth-order valence-electron chi connectivity index (χ4n) is 0.224. The van der Waals surface area contributed by atoms with E-state index in [1.54, 1.807) is 5.01 Å². The first-order valence-electron chi connectivity index (χ1n) is 2.30. The molecule has 0 aromatic rings. The van der Waals surface area contributed by atoms with Crippen molar-refractivity contribution in [2.45, 2.75) is 13.8 Å². The van der Waals surface area contributed by atoms with Crippen molar-refractivity contribution >= 4 is 0 Å². The van der Waals surface area contributed by atoms with Crippen LogP contribution in [-0.4, -0.2) is 18.1 Å². The molecule has 0 saturated carbocycles. The van der Waals surface area contributed by atoms with E-state index < -0.39 is 0 Å². The van der Waals surface area contributed by atoms with E-state index in [0.29, 0.717) is 0 Å². The smallest absolute Gasteiger partial charge is 0.00996 e. The van der Waals surface area contributed by atoms with E-state index >= 15 is 0 Å². The number of hydrogen-bond acceptors (Lipinski definition) is 2. The third-order valence-electron chi connectivity index (χ3n) is 0.812. The molecule has 3 heteroatoms. The molecule has 0 aliphatic rings. The van der Waals surface area contributed by atoms with Gasteiger partial charge in [0.1, 0.15) is 0 Å². The molecule has 0 aromatic heterocycles. The molecule has 0 unspecified atom stereocenters. The van der Waals surface area contributed by atoms with Crippen LogP contribution >= 0.6 is 0 Å². The minimum atomic E-state index is 0. The Kier molecular flexibility index (Phi) is 10.0. The van der Waals surface area contributed by atoms with Gasteiger partial charge in [-0.1, -0.05) is 13.8 Å². The zero-order valence-corrected chi connectivity index (χ0v) is 6.50. The second kappa shape index (κ2) is 6.63. The van der Waals surface area contributed by atoms with Crippen molar-refractivity contribution in [3.05, 3.63) is 0 Å². The van der Waals surface area contributed by atoms with Crippen molar-refractivity contribution in [2.75, 3.05) is 13.1 Å². The minimum absolute atomic E-state index is 0. The van der Waals surface area contributed by atoms with Crippen molar-refractivity contribution in [3.8, 4) is 0 Å². The molecule has 0 rings (SSSR count). The Morgan fingerprint density at radius 3 is 1.57 bits per heavy atom. The van der Waals surface area contributed by atoms with Crippen LogP contribution < -0.4 is 5.84 Å².